The van der Waals surface area contributed by atoms with Crippen LogP contribution < -0.4 is 4.74 Å². The zero-order chi connectivity index (χ0) is 19.2. The molecule has 1 fully saturated rings. The second kappa shape index (κ2) is 8.68. The minimum atomic E-state index is -0.314. The average molecular weight is 382 g/mol. The van der Waals surface area contributed by atoms with E-state index in [2.05, 4.69) is 4.99 Å². The number of hydrogen-bond acceptors (Lipinski definition) is 4. The highest BCUT2D eigenvalue weighted by atomic mass is 32.2. The number of aliphatic imine (C=N–C) groups is 1. The van der Waals surface area contributed by atoms with Crippen LogP contribution in [-0.2, 0) is 4.79 Å². The van der Waals surface area contributed by atoms with Gasteiger partial charge in [0, 0.05) is 6.54 Å². The van der Waals surface area contributed by atoms with E-state index in [0.29, 0.717) is 22.3 Å². The highest BCUT2D eigenvalue weighted by Gasteiger charge is 2.31. The van der Waals surface area contributed by atoms with Gasteiger partial charge in [0.05, 0.1) is 17.7 Å². The van der Waals surface area contributed by atoms with Gasteiger partial charge in [-0.1, -0.05) is 24.3 Å². The fraction of sp³-hybridized carbons (Fsp3) is 0.143. The number of carbonyl (C=O) groups excluding carboxylic acids is 1. The van der Waals surface area contributed by atoms with Gasteiger partial charge in [0.25, 0.3) is 5.91 Å². The topological polar surface area (TPSA) is 41.9 Å². The summed E-state index contributed by atoms with van der Waals surface area (Å²) >= 11 is 1.31. The van der Waals surface area contributed by atoms with Crippen LogP contribution in [0.5, 0.6) is 5.75 Å². The Bertz CT molecular complexity index is 903. The van der Waals surface area contributed by atoms with E-state index in [1.165, 1.54) is 23.9 Å². The fourth-order valence-corrected chi connectivity index (χ4v) is 3.49. The summed E-state index contributed by atoms with van der Waals surface area (Å²) in [6, 6.07) is 13.5. The minimum absolute atomic E-state index is 0.0808. The lowest BCUT2D eigenvalue weighted by molar-refractivity contribution is -0.122. The van der Waals surface area contributed by atoms with Crippen molar-refractivity contribution in [3.05, 3.63) is 77.0 Å². The number of carbonyl (C=O) groups is 1. The molecular formula is C21H19FN2O2S. The zero-order valence-electron chi connectivity index (χ0n) is 15.1. The molecule has 0 aromatic heterocycles. The Balaban J connectivity index is 1.77. The highest BCUT2D eigenvalue weighted by molar-refractivity contribution is 8.18. The summed E-state index contributed by atoms with van der Waals surface area (Å²) < 4.78 is 18.2. The van der Waals surface area contributed by atoms with E-state index in [0.717, 1.165) is 11.3 Å². The molecule has 27 heavy (non-hydrogen) atoms. The number of halogens is 1. The number of amidine groups is 1. The summed E-state index contributed by atoms with van der Waals surface area (Å²) in [6.45, 7) is 2.42. The molecule has 1 amide bonds. The first-order chi connectivity index (χ1) is 13.1. The van der Waals surface area contributed by atoms with Crippen molar-refractivity contribution in [2.75, 3.05) is 13.7 Å². The predicted molar refractivity (Wildman–Crippen MR) is 109 cm³/mol. The summed E-state index contributed by atoms with van der Waals surface area (Å²) in [5.74, 6) is 0.403. The number of ether oxygens (including phenoxy) is 1. The van der Waals surface area contributed by atoms with E-state index in [1.807, 2.05) is 43.3 Å². The third kappa shape index (κ3) is 4.65. The molecule has 2 aromatic carbocycles. The molecule has 0 bridgehead atoms. The van der Waals surface area contributed by atoms with E-state index in [1.54, 1.807) is 30.2 Å². The van der Waals surface area contributed by atoms with E-state index in [-0.39, 0.29) is 11.7 Å². The van der Waals surface area contributed by atoms with Gasteiger partial charge in [-0.25, -0.2) is 9.38 Å². The number of nitrogens with zero attached hydrogens (tertiary/aromatic N) is 2. The van der Waals surface area contributed by atoms with Crippen molar-refractivity contribution >= 4 is 34.6 Å². The normalized spacial score (nSPS) is 17.4. The number of likely N-dealkylation sites (N-methyl/N-ethyl adjacent to an activating group) is 1. The predicted octanol–water partition coefficient (Wildman–Crippen LogP) is 5.01. The molecule has 6 heteroatoms. The van der Waals surface area contributed by atoms with E-state index < -0.39 is 0 Å². The molecule has 138 valence electrons. The zero-order valence-corrected chi connectivity index (χ0v) is 15.9. The van der Waals surface area contributed by atoms with Gasteiger partial charge in [-0.3, -0.25) is 9.69 Å². The first kappa shape index (κ1) is 18.9. The summed E-state index contributed by atoms with van der Waals surface area (Å²) in [4.78, 5) is 19.3. The average Bonchev–Trinajstić information content (AvgIpc) is 2.98. The Morgan fingerprint density at radius 1 is 1.15 bits per heavy atom. The summed E-state index contributed by atoms with van der Waals surface area (Å²) in [6.07, 6.45) is 5.55. The molecule has 0 atom stereocenters. The molecule has 1 aliphatic rings. The summed E-state index contributed by atoms with van der Waals surface area (Å²) in [7, 11) is 1.63. The molecule has 1 aliphatic heterocycles. The Morgan fingerprint density at radius 2 is 1.85 bits per heavy atom. The minimum Gasteiger partial charge on any atom is -0.497 e. The monoisotopic (exact) mass is 382 g/mol. The van der Waals surface area contributed by atoms with Gasteiger partial charge >= 0.3 is 0 Å². The third-order valence-electron chi connectivity index (χ3n) is 3.91. The lowest BCUT2D eigenvalue weighted by Gasteiger charge is -2.11. The number of hydrogen-bond donors (Lipinski definition) is 0. The molecule has 1 saturated heterocycles. The van der Waals surface area contributed by atoms with Gasteiger partial charge in [-0.05, 0) is 66.7 Å². The standard InChI is InChI=1S/C21H19FN2O2S/c1-3-24-20(25)19(6-4-5-15-7-13-18(26-2)14-8-15)27-21(24)23-17-11-9-16(22)10-12-17/h4-14H,3H2,1-2H3/b5-4+,19-6+,23-21?. The van der Waals surface area contributed by atoms with Gasteiger partial charge < -0.3 is 4.74 Å². The SMILES string of the molecule is CCN1C(=O)/C(=C\C=C\c2ccc(OC)cc2)SC1=Nc1ccc(F)cc1. The molecule has 1 heterocycles. The van der Waals surface area contributed by atoms with Crippen molar-refractivity contribution in [1.29, 1.82) is 0 Å². The lowest BCUT2D eigenvalue weighted by Crippen LogP contribution is -2.28. The number of methoxy groups -OCH3 is 1. The van der Waals surface area contributed by atoms with Gasteiger partial charge in [-0.2, -0.15) is 0 Å². The number of benzene rings is 2. The maximum absolute atomic E-state index is 13.0. The Hall–Kier alpha value is -2.86. The largest absolute Gasteiger partial charge is 0.497 e. The Kier molecular flexibility index (Phi) is 6.08. The van der Waals surface area contributed by atoms with Crippen molar-refractivity contribution in [2.24, 2.45) is 4.99 Å². The Morgan fingerprint density at radius 3 is 2.48 bits per heavy atom. The van der Waals surface area contributed by atoms with Crippen molar-refractivity contribution in [3.8, 4) is 5.75 Å². The van der Waals surface area contributed by atoms with Crippen LogP contribution in [0.3, 0.4) is 0 Å². The molecule has 4 nitrogen and oxygen atoms in total. The van der Waals surface area contributed by atoms with Crippen LogP contribution in [0, 0.1) is 5.82 Å². The van der Waals surface area contributed by atoms with Crippen molar-refractivity contribution in [3.63, 3.8) is 0 Å². The molecule has 0 spiro atoms. The second-order valence-electron chi connectivity index (χ2n) is 5.69. The third-order valence-corrected chi connectivity index (χ3v) is 4.93. The first-order valence-electron chi connectivity index (χ1n) is 8.47. The quantitative estimate of drug-likeness (QED) is 0.682. The van der Waals surface area contributed by atoms with Gasteiger partial charge in [0.15, 0.2) is 5.17 Å². The van der Waals surface area contributed by atoms with Crippen LogP contribution in [-0.4, -0.2) is 29.6 Å². The van der Waals surface area contributed by atoms with E-state index in [9.17, 15) is 9.18 Å². The van der Waals surface area contributed by atoms with Crippen LogP contribution in [0.1, 0.15) is 12.5 Å². The molecule has 0 radical (unpaired) electrons. The smallest absolute Gasteiger partial charge is 0.266 e. The number of allylic oxidation sites excluding steroid dienone is 2. The molecule has 0 saturated carbocycles. The molecule has 0 unspecified atom stereocenters. The number of thioether (sulfide) groups is 1. The number of rotatable bonds is 5. The van der Waals surface area contributed by atoms with Crippen LogP contribution in [0.25, 0.3) is 6.08 Å². The maximum atomic E-state index is 13.0. The highest BCUT2D eigenvalue weighted by Crippen LogP contribution is 2.32. The van der Waals surface area contributed by atoms with Gasteiger partial charge in [-0.15, -0.1) is 0 Å². The second-order valence-corrected chi connectivity index (χ2v) is 6.69. The van der Waals surface area contributed by atoms with Crippen LogP contribution >= 0.6 is 11.8 Å². The molecule has 0 N–H and O–H groups in total. The molecule has 3 rings (SSSR count). The molecule has 2 aromatic rings. The summed E-state index contributed by atoms with van der Waals surface area (Å²) in [5, 5.41) is 0.596. The van der Waals surface area contributed by atoms with Gasteiger partial charge in [0.1, 0.15) is 11.6 Å². The van der Waals surface area contributed by atoms with E-state index in [4.69, 9.17) is 4.74 Å². The molecular weight excluding hydrogens is 363 g/mol. The van der Waals surface area contributed by atoms with Crippen LogP contribution in [0.4, 0.5) is 10.1 Å². The van der Waals surface area contributed by atoms with Crippen molar-refractivity contribution in [1.82, 2.24) is 4.90 Å². The van der Waals surface area contributed by atoms with Crippen molar-refractivity contribution in [2.45, 2.75) is 6.92 Å². The lowest BCUT2D eigenvalue weighted by atomic mass is 10.2. The summed E-state index contributed by atoms with van der Waals surface area (Å²) in [5.41, 5.74) is 1.62. The Labute approximate surface area is 162 Å². The fourth-order valence-electron chi connectivity index (χ4n) is 2.47. The molecule has 0 aliphatic carbocycles. The van der Waals surface area contributed by atoms with Crippen molar-refractivity contribution < 1.29 is 13.9 Å². The van der Waals surface area contributed by atoms with Crippen LogP contribution in [0.2, 0.25) is 0 Å². The van der Waals surface area contributed by atoms with Gasteiger partial charge in [0.2, 0.25) is 0 Å². The van der Waals surface area contributed by atoms with E-state index >= 15 is 0 Å². The van der Waals surface area contributed by atoms with Crippen LogP contribution in [0.15, 0.2) is 70.6 Å². The maximum Gasteiger partial charge on any atom is 0.266 e. The number of amides is 1. The first-order valence-corrected chi connectivity index (χ1v) is 9.28.